The molecule has 0 spiro atoms. The number of hydrogen-bond donors (Lipinski definition) is 1. The van der Waals surface area contributed by atoms with Gasteiger partial charge in [0.05, 0.1) is 11.3 Å². The normalized spacial score (nSPS) is 20.1. The molecular formula is C13H16N4. The molecule has 0 amide bonds. The van der Waals surface area contributed by atoms with Gasteiger partial charge in [-0.1, -0.05) is 0 Å². The maximum Gasteiger partial charge on any atom is 0.103 e. The summed E-state index contributed by atoms with van der Waals surface area (Å²) in [4.78, 5) is 6.70. The highest BCUT2D eigenvalue weighted by molar-refractivity contribution is 5.59. The third kappa shape index (κ3) is 2.11. The predicted molar refractivity (Wildman–Crippen MR) is 66.0 cm³/mol. The van der Waals surface area contributed by atoms with Crippen molar-refractivity contribution in [1.82, 2.24) is 10.3 Å². The van der Waals surface area contributed by atoms with Crippen LogP contribution >= 0.6 is 0 Å². The van der Waals surface area contributed by atoms with Gasteiger partial charge < -0.3 is 10.2 Å². The van der Waals surface area contributed by atoms with Crippen molar-refractivity contribution in [2.24, 2.45) is 0 Å². The van der Waals surface area contributed by atoms with E-state index in [-0.39, 0.29) is 0 Å². The molecule has 1 saturated carbocycles. The topological polar surface area (TPSA) is 52.0 Å². The quantitative estimate of drug-likeness (QED) is 0.827. The van der Waals surface area contributed by atoms with Crippen LogP contribution in [0, 0.1) is 11.3 Å². The Kier molecular flexibility index (Phi) is 2.69. The Labute approximate surface area is 101 Å². The van der Waals surface area contributed by atoms with E-state index in [0.29, 0.717) is 11.5 Å². The van der Waals surface area contributed by atoms with Crippen LogP contribution in [0.5, 0.6) is 0 Å². The first-order valence-corrected chi connectivity index (χ1v) is 6.24. The Morgan fingerprint density at radius 2 is 2.12 bits per heavy atom. The van der Waals surface area contributed by atoms with Crippen LogP contribution in [0.4, 0.5) is 5.69 Å². The average molecular weight is 228 g/mol. The third-order valence-corrected chi connectivity index (χ3v) is 3.48. The zero-order valence-corrected chi connectivity index (χ0v) is 9.82. The van der Waals surface area contributed by atoms with E-state index in [0.717, 1.165) is 37.6 Å². The van der Waals surface area contributed by atoms with E-state index in [4.69, 9.17) is 5.26 Å². The number of nitrogens with zero attached hydrogens (tertiary/aromatic N) is 3. The van der Waals surface area contributed by atoms with Gasteiger partial charge in [-0.15, -0.1) is 0 Å². The molecule has 0 aromatic carbocycles. The molecular weight excluding hydrogens is 212 g/mol. The first kappa shape index (κ1) is 10.5. The largest absolute Gasteiger partial charge is 0.368 e. The summed E-state index contributed by atoms with van der Waals surface area (Å²) >= 11 is 0. The summed E-state index contributed by atoms with van der Waals surface area (Å²) in [5.74, 6) is 0.643. The summed E-state index contributed by atoms with van der Waals surface area (Å²) in [7, 11) is 0. The van der Waals surface area contributed by atoms with Crippen molar-refractivity contribution in [1.29, 1.82) is 5.26 Å². The van der Waals surface area contributed by atoms with Gasteiger partial charge in [0.2, 0.25) is 0 Å². The Morgan fingerprint density at radius 1 is 1.35 bits per heavy atom. The molecule has 2 aliphatic rings. The van der Waals surface area contributed by atoms with Crippen molar-refractivity contribution in [2.45, 2.75) is 18.8 Å². The molecule has 88 valence electrons. The van der Waals surface area contributed by atoms with Crippen molar-refractivity contribution in [3.8, 4) is 6.07 Å². The molecule has 4 heteroatoms. The molecule has 4 nitrogen and oxygen atoms in total. The summed E-state index contributed by atoms with van der Waals surface area (Å²) in [6.07, 6.45) is 4.24. The van der Waals surface area contributed by atoms with E-state index in [1.807, 2.05) is 0 Å². The highest BCUT2D eigenvalue weighted by Gasteiger charge is 2.26. The van der Waals surface area contributed by atoms with Gasteiger partial charge in [-0.3, -0.25) is 4.98 Å². The van der Waals surface area contributed by atoms with Crippen molar-refractivity contribution < 1.29 is 0 Å². The van der Waals surface area contributed by atoms with Crippen molar-refractivity contribution in [3.05, 3.63) is 23.5 Å². The molecule has 0 bridgehead atoms. The van der Waals surface area contributed by atoms with Crippen LogP contribution < -0.4 is 10.2 Å². The molecule has 17 heavy (non-hydrogen) atoms. The minimum absolute atomic E-state index is 0.643. The molecule has 1 aliphatic heterocycles. The molecule has 0 unspecified atom stereocenters. The molecule has 1 aromatic heterocycles. The fourth-order valence-electron chi connectivity index (χ4n) is 2.32. The second-order valence-electron chi connectivity index (χ2n) is 4.75. The van der Waals surface area contributed by atoms with Crippen molar-refractivity contribution in [3.63, 3.8) is 0 Å². The predicted octanol–water partition coefficient (Wildman–Crippen LogP) is 1.24. The number of rotatable bonds is 2. The van der Waals surface area contributed by atoms with E-state index >= 15 is 0 Å². The number of piperazine rings is 1. The van der Waals surface area contributed by atoms with Gasteiger partial charge in [0.1, 0.15) is 6.07 Å². The summed E-state index contributed by atoms with van der Waals surface area (Å²) in [6, 6.07) is 4.38. The maximum atomic E-state index is 9.16. The summed E-state index contributed by atoms with van der Waals surface area (Å²) in [6.45, 7) is 3.93. The number of hydrogen-bond acceptors (Lipinski definition) is 4. The van der Waals surface area contributed by atoms with Gasteiger partial charge in [-0.25, -0.2) is 0 Å². The molecule has 2 fully saturated rings. The third-order valence-electron chi connectivity index (χ3n) is 3.48. The highest BCUT2D eigenvalue weighted by atomic mass is 15.2. The van der Waals surface area contributed by atoms with Crippen LogP contribution in [0.15, 0.2) is 12.3 Å². The lowest BCUT2D eigenvalue weighted by Gasteiger charge is -2.30. The minimum atomic E-state index is 0.643. The zero-order valence-electron chi connectivity index (χ0n) is 9.82. The van der Waals surface area contributed by atoms with Crippen LogP contribution in [0.25, 0.3) is 0 Å². The lowest BCUT2D eigenvalue weighted by molar-refractivity contribution is 0.588. The average Bonchev–Trinajstić information content (AvgIpc) is 3.23. The lowest BCUT2D eigenvalue weighted by Crippen LogP contribution is -2.43. The smallest absolute Gasteiger partial charge is 0.103 e. The van der Waals surface area contributed by atoms with Crippen LogP contribution in [-0.2, 0) is 0 Å². The standard InChI is InChI=1S/C13H16N4/c14-8-11-9-16-12(10-1-2-10)7-13(11)17-5-3-15-4-6-17/h7,9-10,15H,1-6H2. The summed E-state index contributed by atoms with van der Waals surface area (Å²) in [5.41, 5.74) is 2.94. The number of anilines is 1. The van der Waals surface area contributed by atoms with Crippen LogP contribution in [0.2, 0.25) is 0 Å². The van der Waals surface area contributed by atoms with Gasteiger partial charge in [0.25, 0.3) is 0 Å². The summed E-state index contributed by atoms with van der Waals surface area (Å²) in [5, 5.41) is 12.5. The van der Waals surface area contributed by atoms with E-state index < -0.39 is 0 Å². The van der Waals surface area contributed by atoms with Gasteiger partial charge in [0.15, 0.2) is 0 Å². The Balaban J connectivity index is 1.93. The molecule has 3 rings (SSSR count). The van der Waals surface area contributed by atoms with E-state index in [2.05, 4.69) is 27.3 Å². The zero-order chi connectivity index (χ0) is 11.7. The molecule has 2 heterocycles. The van der Waals surface area contributed by atoms with Crippen molar-refractivity contribution in [2.75, 3.05) is 31.1 Å². The minimum Gasteiger partial charge on any atom is -0.368 e. The monoisotopic (exact) mass is 228 g/mol. The molecule has 1 saturated heterocycles. The second kappa shape index (κ2) is 4.34. The van der Waals surface area contributed by atoms with Crippen LogP contribution in [0.1, 0.15) is 30.0 Å². The Hall–Kier alpha value is -1.60. The summed E-state index contributed by atoms with van der Waals surface area (Å²) < 4.78 is 0. The van der Waals surface area contributed by atoms with Gasteiger partial charge in [-0.2, -0.15) is 5.26 Å². The Morgan fingerprint density at radius 3 is 2.76 bits per heavy atom. The number of aromatic nitrogens is 1. The molecule has 1 aliphatic carbocycles. The lowest BCUT2D eigenvalue weighted by atomic mass is 10.1. The number of pyridine rings is 1. The fourth-order valence-corrected chi connectivity index (χ4v) is 2.32. The Bertz CT molecular complexity index is 453. The molecule has 0 atom stereocenters. The first-order valence-electron chi connectivity index (χ1n) is 6.24. The van der Waals surface area contributed by atoms with Gasteiger partial charge >= 0.3 is 0 Å². The SMILES string of the molecule is N#Cc1cnc(C2CC2)cc1N1CCNCC1. The first-order chi connectivity index (χ1) is 8.38. The van der Waals surface area contributed by atoms with Crippen LogP contribution in [0.3, 0.4) is 0 Å². The maximum absolute atomic E-state index is 9.16. The van der Waals surface area contributed by atoms with E-state index in [1.165, 1.54) is 12.8 Å². The second-order valence-corrected chi connectivity index (χ2v) is 4.75. The molecule has 0 radical (unpaired) electrons. The molecule has 1 N–H and O–H groups in total. The highest BCUT2D eigenvalue weighted by Crippen LogP contribution is 2.40. The number of nitriles is 1. The van der Waals surface area contributed by atoms with Gasteiger partial charge in [0, 0.05) is 44.0 Å². The van der Waals surface area contributed by atoms with Crippen molar-refractivity contribution >= 4 is 5.69 Å². The van der Waals surface area contributed by atoms with E-state index in [9.17, 15) is 0 Å². The van der Waals surface area contributed by atoms with E-state index in [1.54, 1.807) is 6.20 Å². The van der Waals surface area contributed by atoms with Crippen LogP contribution in [-0.4, -0.2) is 31.2 Å². The molecule has 1 aromatic rings. The number of nitrogens with one attached hydrogen (secondary N) is 1. The fraction of sp³-hybridized carbons (Fsp3) is 0.538. The van der Waals surface area contributed by atoms with Gasteiger partial charge in [-0.05, 0) is 18.9 Å².